The molecule has 0 saturated carbocycles. The highest BCUT2D eigenvalue weighted by Crippen LogP contribution is 2.14. The molecule has 0 heterocycles. The number of benzene rings is 1. The zero-order chi connectivity index (χ0) is 19.0. The Morgan fingerprint density at radius 1 is 1.19 bits per heavy atom. The van der Waals surface area contributed by atoms with Crippen molar-refractivity contribution < 1.29 is 18.6 Å². The fourth-order valence-electron chi connectivity index (χ4n) is 2.21. The van der Waals surface area contributed by atoms with Crippen molar-refractivity contribution in [2.24, 2.45) is 4.99 Å². The van der Waals surface area contributed by atoms with E-state index in [1.165, 1.54) is 12.1 Å². The maximum Gasteiger partial charge on any atom is 0.191 e. The second kappa shape index (κ2) is 17.0. The zero-order valence-electron chi connectivity index (χ0n) is 16.5. The molecule has 1 unspecified atom stereocenters. The Bertz CT molecular complexity index is 521. The second-order valence-electron chi connectivity index (χ2n) is 5.80. The van der Waals surface area contributed by atoms with Gasteiger partial charge in [-0.2, -0.15) is 0 Å². The predicted octanol–water partition coefficient (Wildman–Crippen LogP) is 3.21. The minimum absolute atomic E-state index is 0. The van der Waals surface area contributed by atoms with Gasteiger partial charge in [-0.15, -0.1) is 24.0 Å². The minimum atomic E-state index is -0.297. The van der Waals surface area contributed by atoms with Gasteiger partial charge in [-0.25, -0.2) is 4.39 Å². The van der Waals surface area contributed by atoms with Crippen LogP contribution >= 0.6 is 24.0 Å². The van der Waals surface area contributed by atoms with Crippen LogP contribution in [0, 0.1) is 5.82 Å². The van der Waals surface area contributed by atoms with Crippen LogP contribution in [0.1, 0.15) is 26.2 Å². The Balaban J connectivity index is 0.00000676. The Hall–Kier alpha value is -1.13. The van der Waals surface area contributed by atoms with Gasteiger partial charge in [0.05, 0.1) is 19.8 Å². The van der Waals surface area contributed by atoms with E-state index >= 15 is 0 Å². The molecule has 1 atom stereocenters. The van der Waals surface area contributed by atoms with Crippen LogP contribution in [0.3, 0.4) is 0 Å². The topological polar surface area (TPSA) is 64.1 Å². The molecule has 8 heteroatoms. The van der Waals surface area contributed by atoms with Gasteiger partial charge >= 0.3 is 0 Å². The maximum absolute atomic E-state index is 13.2. The van der Waals surface area contributed by atoms with Crippen molar-refractivity contribution in [3.05, 3.63) is 30.1 Å². The van der Waals surface area contributed by atoms with Crippen LogP contribution in [-0.4, -0.2) is 59.1 Å². The Morgan fingerprint density at radius 3 is 2.67 bits per heavy atom. The molecule has 1 rings (SSSR count). The largest absolute Gasteiger partial charge is 0.489 e. The van der Waals surface area contributed by atoms with E-state index in [1.54, 1.807) is 26.3 Å². The molecule has 2 N–H and O–H groups in total. The van der Waals surface area contributed by atoms with Gasteiger partial charge in [0.25, 0.3) is 0 Å². The normalized spacial score (nSPS) is 12.2. The van der Waals surface area contributed by atoms with Gasteiger partial charge in [-0.05, 0) is 31.4 Å². The smallest absolute Gasteiger partial charge is 0.191 e. The first kappa shape index (κ1) is 25.9. The molecule has 27 heavy (non-hydrogen) atoms. The molecule has 0 aliphatic carbocycles. The molecular weight excluding hydrogens is 464 g/mol. The summed E-state index contributed by atoms with van der Waals surface area (Å²) in [5, 5.41) is 6.51. The lowest BCUT2D eigenvalue weighted by molar-refractivity contribution is 0.0689. The Labute approximate surface area is 179 Å². The van der Waals surface area contributed by atoms with Crippen LogP contribution in [0.2, 0.25) is 0 Å². The van der Waals surface area contributed by atoms with Crippen molar-refractivity contribution >= 4 is 29.9 Å². The fourth-order valence-corrected chi connectivity index (χ4v) is 2.21. The van der Waals surface area contributed by atoms with Gasteiger partial charge in [0.1, 0.15) is 17.7 Å². The summed E-state index contributed by atoms with van der Waals surface area (Å²) in [5.74, 6) is 0.968. The number of unbranched alkanes of at least 4 members (excludes halogenated alkanes) is 1. The van der Waals surface area contributed by atoms with Crippen LogP contribution in [0.5, 0.6) is 5.75 Å². The first-order valence-corrected chi connectivity index (χ1v) is 9.13. The molecule has 0 radical (unpaired) electrons. The summed E-state index contributed by atoms with van der Waals surface area (Å²) in [5.41, 5.74) is 0. The van der Waals surface area contributed by atoms with Gasteiger partial charge in [-0.3, -0.25) is 4.99 Å². The molecule has 6 nitrogen and oxygen atoms in total. The fraction of sp³-hybridized carbons (Fsp3) is 0.632. The number of ether oxygens (including phenoxy) is 3. The van der Waals surface area contributed by atoms with Crippen LogP contribution in [0.25, 0.3) is 0 Å². The van der Waals surface area contributed by atoms with E-state index in [4.69, 9.17) is 14.2 Å². The number of aliphatic imine (C=N–C) groups is 1. The molecule has 156 valence electrons. The van der Waals surface area contributed by atoms with E-state index < -0.39 is 0 Å². The number of hydrogen-bond donors (Lipinski definition) is 2. The van der Waals surface area contributed by atoms with Crippen molar-refractivity contribution in [1.29, 1.82) is 0 Å². The van der Waals surface area contributed by atoms with Gasteiger partial charge < -0.3 is 24.8 Å². The van der Waals surface area contributed by atoms with Gasteiger partial charge in [0.15, 0.2) is 5.96 Å². The molecule has 0 aromatic heterocycles. The molecule has 0 spiro atoms. The number of nitrogens with zero attached hydrogens (tertiary/aromatic N) is 1. The van der Waals surface area contributed by atoms with E-state index in [-0.39, 0.29) is 35.9 Å². The zero-order valence-corrected chi connectivity index (χ0v) is 18.8. The Morgan fingerprint density at radius 2 is 2.00 bits per heavy atom. The molecule has 1 aromatic carbocycles. The van der Waals surface area contributed by atoms with Crippen LogP contribution < -0.4 is 15.4 Å². The van der Waals surface area contributed by atoms with Crippen molar-refractivity contribution in [2.45, 2.75) is 32.3 Å². The lowest BCUT2D eigenvalue weighted by Crippen LogP contribution is -2.42. The van der Waals surface area contributed by atoms with E-state index in [1.807, 2.05) is 6.92 Å². The average Bonchev–Trinajstić information content (AvgIpc) is 2.65. The van der Waals surface area contributed by atoms with Crippen molar-refractivity contribution in [3.8, 4) is 5.75 Å². The molecular formula is C19H33FIN3O3. The third-order valence-corrected chi connectivity index (χ3v) is 3.71. The van der Waals surface area contributed by atoms with Crippen LogP contribution in [0.15, 0.2) is 29.3 Å². The lowest BCUT2D eigenvalue weighted by atomic mass is 10.2. The van der Waals surface area contributed by atoms with Crippen LogP contribution in [-0.2, 0) is 9.47 Å². The summed E-state index contributed by atoms with van der Waals surface area (Å²) in [7, 11) is 3.40. The summed E-state index contributed by atoms with van der Waals surface area (Å²) >= 11 is 0. The standard InChI is InChI=1S/C19H32FN3O3.HI/c1-4-17(26-18-9-7-8-16(20)14-18)15-23-19(21-2)22-10-5-6-11-25-13-12-24-3;/h7-9,14,17H,4-6,10-13,15H2,1-3H3,(H2,21,22,23);1H. The molecule has 0 fully saturated rings. The van der Waals surface area contributed by atoms with Gasteiger partial charge in [-0.1, -0.05) is 13.0 Å². The molecule has 1 aromatic rings. The second-order valence-corrected chi connectivity index (χ2v) is 5.80. The average molecular weight is 497 g/mol. The third-order valence-electron chi connectivity index (χ3n) is 3.71. The van der Waals surface area contributed by atoms with Gasteiger partial charge in [0, 0.05) is 33.4 Å². The SMILES string of the molecule is CCC(CNC(=NC)NCCCCOCCOC)Oc1cccc(F)c1.I. The summed E-state index contributed by atoms with van der Waals surface area (Å²) in [6.45, 7) is 5.44. The summed E-state index contributed by atoms with van der Waals surface area (Å²) in [6, 6.07) is 6.20. The first-order valence-electron chi connectivity index (χ1n) is 9.13. The highest BCUT2D eigenvalue weighted by atomic mass is 127. The first-order chi connectivity index (χ1) is 12.7. The predicted molar refractivity (Wildman–Crippen MR) is 118 cm³/mol. The number of methoxy groups -OCH3 is 1. The molecule has 0 amide bonds. The Kier molecular flexibility index (Phi) is 16.3. The number of hydrogen-bond acceptors (Lipinski definition) is 4. The van der Waals surface area contributed by atoms with E-state index in [2.05, 4.69) is 15.6 Å². The summed E-state index contributed by atoms with van der Waals surface area (Å²) in [4.78, 5) is 4.20. The number of halogens is 2. The molecule has 0 saturated heterocycles. The maximum atomic E-state index is 13.2. The van der Waals surface area contributed by atoms with Gasteiger partial charge in [0.2, 0.25) is 0 Å². The molecule has 0 aliphatic rings. The molecule has 0 bridgehead atoms. The summed E-state index contributed by atoms with van der Waals surface area (Å²) in [6.07, 6.45) is 2.71. The number of nitrogens with one attached hydrogen (secondary N) is 2. The number of guanidine groups is 1. The lowest BCUT2D eigenvalue weighted by Gasteiger charge is -2.20. The van der Waals surface area contributed by atoms with Crippen molar-refractivity contribution in [1.82, 2.24) is 10.6 Å². The van der Waals surface area contributed by atoms with E-state index in [9.17, 15) is 4.39 Å². The monoisotopic (exact) mass is 497 g/mol. The van der Waals surface area contributed by atoms with Crippen LogP contribution in [0.4, 0.5) is 4.39 Å². The summed E-state index contributed by atoms with van der Waals surface area (Å²) < 4.78 is 29.4. The van der Waals surface area contributed by atoms with E-state index in [0.717, 1.165) is 38.4 Å². The van der Waals surface area contributed by atoms with E-state index in [0.29, 0.717) is 25.5 Å². The van der Waals surface area contributed by atoms with Crippen molar-refractivity contribution in [2.75, 3.05) is 47.1 Å². The third kappa shape index (κ3) is 12.8. The van der Waals surface area contributed by atoms with Crippen molar-refractivity contribution in [3.63, 3.8) is 0 Å². The highest BCUT2D eigenvalue weighted by molar-refractivity contribution is 14.0. The number of rotatable bonds is 13. The minimum Gasteiger partial charge on any atom is -0.489 e. The quantitative estimate of drug-likeness (QED) is 0.190. The highest BCUT2D eigenvalue weighted by Gasteiger charge is 2.09. The molecule has 0 aliphatic heterocycles.